The maximum Gasteiger partial charge on any atom is 0.236 e. The zero-order valence-corrected chi connectivity index (χ0v) is 12.9. The van der Waals surface area contributed by atoms with Gasteiger partial charge in [0.15, 0.2) is 0 Å². The molecule has 2 fully saturated rings. The van der Waals surface area contributed by atoms with Crippen LogP contribution in [-0.2, 0) is 4.79 Å². The summed E-state index contributed by atoms with van der Waals surface area (Å²) in [7, 11) is 0. The molecule has 0 aromatic heterocycles. The molecule has 1 aliphatic carbocycles. The van der Waals surface area contributed by atoms with E-state index in [2.05, 4.69) is 16.7 Å². The Kier molecular flexibility index (Phi) is 6.30. The minimum absolute atomic E-state index is 0.273. The van der Waals surface area contributed by atoms with Gasteiger partial charge in [-0.05, 0) is 45.1 Å². The number of likely N-dealkylation sites (N-methyl/N-ethyl adjacent to an activating group) is 1. The van der Waals surface area contributed by atoms with Crippen LogP contribution in [0.2, 0.25) is 0 Å². The van der Waals surface area contributed by atoms with E-state index in [1.807, 2.05) is 0 Å². The average Bonchev–Trinajstić information content (AvgIpc) is 2.88. The molecule has 4 heteroatoms. The summed E-state index contributed by atoms with van der Waals surface area (Å²) in [5.41, 5.74) is 0. The molecule has 1 heterocycles. The SMILES string of the molecule is CCN(C(=O)CN1CCC(CCO)C1)C1CCCCC1. The van der Waals surface area contributed by atoms with E-state index < -0.39 is 0 Å². The van der Waals surface area contributed by atoms with Crippen molar-refractivity contribution in [3.05, 3.63) is 0 Å². The number of likely N-dealkylation sites (tertiary alicyclic amines) is 1. The second-order valence-corrected chi connectivity index (χ2v) is 6.37. The van der Waals surface area contributed by atoms with Gasteiger partial charge in [-0.25, -0.2) is 0 Å². The number of hydrogen-bond donors (Lipinski definition) is 1. The number of carbonyl (C=O) groups is 1. The zero-order chi connectivity index (χ0) is 14.4. The van der Waals surface area contributed by atoms with E-state index in [4.69, 9.17) is 5.11 Å². The molecule has 1 unspecified atom stereocenters. The minimum atomic E-state index is 0.273. The highest BCUT2D eigenvalue weighted by Gasteiger charge is 2.28. The van der Waals surface area contributed by atoms with E-state index in [0.717, 1.165) is 32.5 Å². The number of hydrogen-bond acceptors (Lipinski definition) is 3. The van der Waals surface area contributed by atoms with Crippen LogP contribution in [0.15, 0.2) is 0 Å². The Labute approximate surface area is 123 Å². The highest BCUT2D eigenvalue weighted by Crippen LogP contribution is 2.24. The highest BCUT2D eigenvalue weighted by atomic mass is 16.3. The predicted octanol–water partition coefficient (Wildman–Crippen LogP) is 1.87. The summed E-state index contributed by atoms with van der Waals surface area (Å²) in [5.74, 6) is 0.890. The fraction of sp³-hybridized carbons (Fsp3) is 0.938. The molecular formula is C16H30N2O2. The van der Waals surface area contributed by atoms with E-state index in [-0.39, 0.29) is 6.61 Å². The van der Waals surface area contributed by atoms with Crippen molar-refractivity contribution in [3.63, 3.8) is 0 Å². The Morgan fingerprint density at radius 1 is 1.25 bits per heavy atom. The molecule has 0 spiro atoms. The van der Waals surface area contributed by atoms with Gasteiger partial charge in [-0.3, -0.25) is 9.69 Å². The predicted molar refractivity (Wildman–Crippen MR) is 80.5 cm³/mol. The Morgan fingerprint density at radius 2 is 2.00 bits per heavy atom. The lowest BCUT2D eigenvalue weighted by Gasteiger charge is -2.34. The van der Waals surface area contributed by atoms with Gasteiger partial charge < -0.3 is 10.0 Å². The molecule has 4 nitrogen and oxygen atoms in total. The highest BCUT2D eigenvalue weighted by molar-refractivity contribution is 5.78. The first-order valence-corrected chi connectivity index (χ1v) is 8.37. The first kappa shape index (κ1) is 15.8. The van der Waals surface area contributed by atoms with E-state index in [9.17, 15) is 4.79 Å². The summed E-state index contributed by atoms with van der Waals surface area (Å²) in [6.07, 6.45) is 8.26. The van der Waals surface area contributed by atoms with Crippen LogP contribution in [0, 0.1) is 5.92 Å². The van der Waals surface area contributed by atoms with Gasteiger partial charge >= 0.3 is 0 Å². The molecule has 1 atom stereocenters. The van der Waals surface area contributed by atoms with Gasteiger partial charge in [-0.15, -0.1) is 0 Å². The van der Waals surface area contributed by atoms with Gasteiger partial charge in [0.1, 0.15) is 0 Å². The van der Waals surface area contributed by atoms with Crippen molar-refractivity contribution in [1.82, 2.24) is 9.80 Å². The van der Waals surface area contributed by atoms with Crippen LogP contribution in [0.25, 0.3) is 0 Å². The number of nitrogens with zero attached hydrogens (tertiary/aromatic N) is 2. The number of carbonyl (C=O) groups excluding carboxylic acids is 1. The maximum atomic E-state index is 12.5. The molecular weight excluding hydrogens is 252 g/mol. The van der Waals surface area contributed by atoms with E-state index in [1.165, 1.54) is 32.1 Å². The zero-order valence-electron chi connectivity index (χ0n) is 12.9. The van der Waals surface area contributed by atoms with Crippen LogP contribution in [-0.4, -0.2) is 59.6 Å². The topological polar surface area (TPSA) is 43.8 Å². The Hall–Kier alpha value is -0.610. The lowest BCUT2D eigenvalue weighted by molar-refractivity contribution is -0.135. The van der Waals surface area contributed by atoms with Crippen LogP contribution in [0.1, 0.15) is 51.9 Å². The van der Waals surface area contributed by atoms with Gasteiger partial charge in [0.05, 0.1) is 6.54 Å². The van der Waals surface area contributed by atoms with Crippen molar-refractivity contribution in [2.75, 3.05) is 32.8 Å². The first-order valence-electron chi connectivity index (χ1n) is 8.37. The summed E-state index contributed by atoms with van der Waals surface area (Å²) in [5, 5.41) is 9.00. The molecule has 1 amide bonds. The minimum Gasteiger partial charge on any atom is -0.396 e. The van der Waals surface area contributed by atoms with Gasteiger partial charge in [-0.1, -0.05) is 19.3 Å². The Bertz CT molecular complexity index is 303. The van der Waals surface area contributed by atoms with Crippen molar-refractivity contribution < 1.29 is 9.90 Å². The van der Waals surface area contributed by atoms with Crippen LogP contribution in [0.4, 0.5) is 0 Å². The number of aliphatic hydroxyl groups excluding tert-OH is 1. The summed E-state index contributed by atoms with van der Waals surface area (Å²) >= 11 is 0. The summed E-state index contributed by atoms with van der Waals surface area (Å²) in [4.78, 5) is 16.9. The van der Waals surface area contributed by atoms with Crippen LogP contribution >= 0.6 is 0 Å². The van der Waals surface area contributed by atoms with Crippen LogP contribution in [0.3, 0.4) is 0 Å². The third-order valence-electron chi connectivity index (χ3n) is 4.94. The number of aliphatic hydroxyl groups is 1. The van der Waals surface area contributed by atoms with Crippen molar-refractivity contribution in [2.45, 2.75) is 57.9 Å². The largest absolute Gasteiger partial charge is 0.396 e. The molecule has 1 N–H and O–H groups in total. The smallest absolute Gasteiger partial charge is 0.236 e. The molecule has 0 aromatic rings. The number of rotatable bonds is 6. The van der Waals surface area contributed by atoms with Crippen LogP contribution in [0.5, 0.6) is 0 Å². The molecule has 2 aliphatic rings. The standard InChI is InChI=1S/C16H30N2O2/c1-2-18(15-6-4-3-5-7-15)16(20)13-17-10-8-14(12-17)9-11-19/h14-15,19H,2-13H2,1H3. The lowest BCUT2D eigenvalue weighted by Crippen LogP contribution is -2.46. The fourth-order valence-electron chi connectivity index (χ4n) is 3.79. The molecule has 1 saturated carbocycles. The third kappa shape index (κ3) is 4.19. The number of amides is 1. The van der Waals surface area contributed by atoms with Gasteiger partial charge in [0.25, 0.3) is 0 Å². The van der Waals surface area contributed by atoms with Crippen molar-refractivity contribution in [3.8, 4) is 0 Å². The lowest BCUT2D eigenvalue weighted by atomic mass is 9.94. The Morgan fingerprint density at radius 3 is 2.65 bits per heavy atom. The van der Waals surface area contributed by atoms with Crippen LogP contribution < -0.4 is 0 Å². The second-order valence-electron chi connectivity index (χ2n) is 6.37. The van der Waals surface area contributed by atoms with E-state index >= 15 is 0 Å². The van der Waals surface area contributed by atoms with E-state index in [1.54, 1.807) is 0 Å². The molecule has 1 saturated heterocycles. The molecule has 20 heavy (non-hydrogen) atoms. The second kappa shape index (κ2) is 7.99. The summed E-state index contributed by atoms with van der Waals surface area (Å²) in [6, 6.07) is 0.483. The average molecular weight is 282 g/mol. The molecule has 0 aromatic carbocycles. The molecule has 2 rings (SSSR count). The molecule has 1 aliphatic heterocycles. The Balaban J connectivity index is 1.80. The third-order valence-corrected chi connectivity index (χ3v) is 4.94. The van der Waals surface area contributed by atoms with Gasteiger partial charge in [0.2, 0.25) is 5.91 Å². The molecule has 0 bridgehead atoms. The van der Waals surface area contributed by atoms with Crippen molar-refractivity contribution >= 4 is 5.91 Å². The van der Waals surface area contributed by atoms with E-state index in [0.29, 0.717) is 24.4 Å². The summed E-state index contributed by atoms with van der Waals surface area (Å²) < 4.78 is 0. The fourth-order valence-corrected chi connectivity index (χ4v) is 3.79. The maximum absolute atomic E-state index is 12.5. The van der Waals surface area contributed by atoms with Gasteiger partial charge in [-0.2, -0.15) is 0 Å². The summed E-state index contributed by atoms with van der Waals surface area (Å²) in [6.45, 7) is 5.79. The van der Waals surface area contributed by atoms with Crippen molar-refractivity contribution in [2.24, 2.45) is 5.92 Å². The quantitative estimate of drug-likeness (QED) is 0.809. The van der Waals surface area contributed by atoms with Gasteiger partial charge in [0, 0.05) is 25.7 Å². The molecule has 0 radical (unpaired) electrons. The molecule has 116 valence electrons. The monoisotopic (exact) mass is 282 g/mol. The first-order chi connectivity index (χ1) is 9.74. The van der Waals surface area contributed by atoms with Crippen molar-refractivity contribution in [1.29, 1.82) is 0 Å². The normalized spacial score (nSPS) is 25.0.